The lowest BCUT2D eigenvalue weighted by atomic mass is 10.3. The molecule has 0 saturated carbocycles. The van der Waals surface area contributed by atoms with Gasteiger partial charge in [-0.3, -0.25) is 0 Å². The molecule has 0 atom stereocenters. The van der Waals surface area contributed by atoms with Crippen molar-refractivity contribution in [1.29, 1.82) is 5.26 Å². The van der Waals surface area contributed by atoms with Gasteiger partial charge in [0.1, 0.15) is 29.9 Å². The molecule has 0 spiro atoms. The first-order chi connectivity index (χ1) is 8.42. The van der Waals surface area contributed by atoms with Crippen molar-refractivity contribution in [2.45, 2.75) is 13.1 Å². The van der Waals surface area contributed by atoms with Gasteiger partial charge in [0.2, 0.25) is 0 Å². The third kappa shape index (κ3) is 4.97. The molecule has 0 radical (unpaired) electrons. The summed E-state index contributed by atoms with van der Waals surface area (Å²) in [5.41, 5.74) is 0.233. The Morgan fingerprint density at radius 3 is 2.83 bits per heavy atom. The van der Waals surface area contributed by atoms with Gasteiger partial charge in [-0.25, -0.2) is 9.97 Å². The molecule has 0 aromatic carbocycles. The number of aryl methyl sites for hydroxylation is 1. The molecule has 0 fully saturated rings. The van der Waals surface area contributed by atoms with Crippen molar-refractivity contribution in [1.82, 2.24) is 9.97 Å². The van der Waals surface area contributed by atoms with Gasteiger partial charge in [-0.05, 0) is 6.92 Å². The molecule has 0 aliphatic heterocycles. The topological polar surface area (TPSA) is 70.8 Å². The number of aromatic nitrogens is 2. The average molecular weight is 260 g/mol. The fourth-order valence-corrected chi connectivity index (χ4v) is 1.12. The van der Waals surface area contributed by atoms with Gasteiger partial charge in [0, 0.05) is 6.54 Å². The van der Waals surface area contributed by atoms with Crippen molar-refractivity contribution in [3.05, 3.63) is 17.6 Å². The van der Waals surface area contributed by atoms with Gasteiger partial charge < -0.3 is 10.1 Å². The molecular weight excluding hydrogens is 249 g/mol. The second kappa shape index (κ2) is 6.16. The summed E-state index contributed by atoms with van der Waals surface area (Å²) in [4.78, 5) is 7.80. The zero-order chi connectivity index (χ0) is 13.6. The minimum atomic E-state index is -4.33. The zero-order valence-corrected chi connectivity index (χ0v) is 9.58. The Bertz CT molecular complexity index is 442. The smallest absolute Gasteiger partial charge is 0.370 e. The molecular formula is C10H11F3N4O. The fraction of sp³-hybridized carbons (Fsp3) is 0.500. The Morgan fingerprint density at radius 1 is 1.50 bits per heavy atom. The molecule has 0 amide bonds. The van der Waals surface area contributed by atoms with Crippen LogP contribution in [0.15, 0.2) is 6.20 Å². The van der Waals surface area contributed by atoms with E-state index in [9.17, 15) is 13.2 Å². The SMILES string of the molecule is Cc1ncc(C#N)c(NCCOCC(F)(F)F)n1. The van der Waals surface area contributed by atoms with E-state index in [1.165, 1.54) is 6.20 Å². The molecule has 1 aromatic rings. The standard InChI is InChI=1S/C10H11F3N4O/c1-7-16-5-8(4-14)9(17-7)15-2-3-18-6-10(11,12)13/h5H,2-3,6H2,1H3,(H,15,16,17). The van der Waals surface area contributed by atoms with Crippen LogP contribution in [0.5, 0.6) is 0 Å². The largest absolute Gasteiger partial charge is 0.411 e. The molecule has 18 heavy (non-hydrogen) atoms. The van der Waals surface area contributed by atoms with Gasteiger partial charge in [0.15, 0.2) is 0 Å². The summed E-state index contributed by atoms with van der Waals surface area (Å²) in [6.07, 6.45) is -2.98. The van der Waals surface area contributed by atoms with E-state index in [2.05, 4.69) is 20.0 Å². The van der Waals surface area contributed by atoms with Crippen molar-refractivity contribution in [2.75, 3.05) is 25.1 Å². The summed E-state index contributed by atoms with van der Waals surface area (Å²) in [6.45, 7) is 0.351. The van der Waals surface area contributed by atoms with E-state index in [1.54, 1.807) is 6.92 Å². The third-order valence-electron chi connectivity index (χ3n) is 1.83. The van der Waals surface area contributed by atoms with Gasteiger partial charge in [0.25, 0.3) is 0 Å². The first-order valence-electron chi connectivity index (χ1n) is 5.04. The van der Waals surface area contributed by atoms with E-state index >= 15 is 0 Å². The lowest BCUT2D eigenvalue weighted by Crippen LogP contribution is -2.20. The first-order valence-corrected chi connectivity index (χ1v) is 5.04. The van der Waals surface area contributed by atoms with E-state index in [1.807, 2.05) is 6.07 Å². The van der Waals surface area contributed by atoms with Crippen LogP contribution in [0, 0.1) is 18.3 Å². The zero-order valence-electron chi connectivity index (χ0n) is 9.58. The number of nitrogens with one attached hydrogen (secondary N) is 1. The summed E-state index contributed by atoms with van der Waals surface area (Å²) in [7, 11) is 0. The summed E-state index contributed by atoms with van der Waals surface area (Å²) >= 11 is 0. The molecule has 0 bridgehead atoms. The summed E-state index contributed by atoms with van der Waals surface area (Å²) in [5, 5.41) is 11.5. The Labute approximate surface area is 102 Å². The van der Waals surface area contributed by atoms with E-state index in [4.69, 9.17) is 5.26 Å². The number of halogens is 3. The number of alkyl halides is 3. The predicted octanol–water partition coefficient (Wildman–Crippen LogP) is 1.65. The van der Waals surface area contributed by atoms with E-state index < -0.39 is 12.8 Å². The lowest BCUT2D eigenvalue weighted by molar-refractivity contribution is -0.172. The van der Waals surface area contributed by atoms with Crippen molar-refractivity contribution < 1.29 is 17.9 Å². The highest BCUT2D eigenvalue weighted by Crippen LogP contribution is 2.14. The Hall–Kier alpha value is -1.88. The number of anilines is 1. The number of nitriles is 1. The monoisotopic (exact) mass is 260 g/mol. The maximum absolute atomic E-state index is 11.8. The minimum Gasteiger partial charge on any atom is -0.370 e. The molecule has 0 saturated heterocycles. The predicted molar refractivity (Wildman–Crippen MR) is 56.8 cm³/mol. The summed E-state index contributed by atoms with van der Waals surface area (Å²) in [5.74, 6) is 0.758. The van der Waals surface area contributed by atoms with Gasteiger partial charge in [0.05, 0.1) is 12.8 Å². The van der Waals surface area contributed by atoms with Crippen LogP contribution in [0.4, 0.5) is 19.0 Å². The fourth-order valence-electron chi connectivity index (χ4n) is 1.12. The van der Waals surface area contributed by atoms with Crippen molar-refractivity contribution in [2.24, 2.45) is 0 Å². The first kappa shape index (κ1) is 14.2. The van der Waals surface area contributed by atoms with E-state index in [-0.39, 0.29) is 18.7 Å². The molecule has 1 N–H and O–H groups in total. The second-order valence-electron chi connectivity index (χ2n) is 3.39. The number of rotatable bonds is 5. The van der Waals surface area contributed by atoms with Crippen LogP contribution in [0.25, 0.3) is 0 Å². The Morgan fingerprint density at radius 2 is 2.22 bits per heavy atom. The van der Waals surface area contributed by atoms with Crippen LogP contribution in [-0.4, -0.2) is 35.9 Å². The third-order valence-corrected chi connectivity index (χ3v) is 1.83. The second-order valence-corrected chi connectivity index (χ2v) is 3.39. The maximum Gasteiger partial charge on any atom is 0.411 e. The molecule has 1 rings (SSSR count). The average Bonchev–Trinajstić information content (AvgIpc) is 2.27. The van der Waals surface area contributed by atoms with Gasteiger partial charge in [-0.15, -0.1) is 0 Å². The normalized spacial score (nSPS) is 11.1. The molecule has 1 heterocycles. The van der Waals surface area contributed by atoms with Gasteiger partial charge in [-0.2, -0.15) is 18.4 Å². The van der Waals surface area contributed by atoms with Crippen molar-refractivity contribution in [3.8, 4) is 6.07 Å². The maximum atomic E-state index is 11.8. The van der Waals surface area contributed by atoms with Crippen LogP contribution in [0.2, 0.25) is 0 Å². The Kier molecular flexibility index (Phi) is 4.85. The van der Waals surface area contributed by atoms with Crippen LogP contribution in [0.3, 0.4) is 0 Å². The van der Waals surface area contributed by atoms with Crippen LogP contribution in [-0.2, 0) is 4.74 Å². The molecule has 5 nitrogen and oxygen atoms in total. The Balaban J connectivity index is 2.40. The molecule has 98 valence electrons. The van der Waals surface area contributed by atoms with E-state index in [0.717, 1.165) is 0 Å². The molecule has 1 aromatic heterocycles. The minimum absolute atomic E-state index is 0.126. The number of nitrogens with zero attached hydrogens (tertiary/aromatic N) is 3. The van der Waals surface area contributed by atoms with Crippen LogP contribution >= 0.6 is 0 Å². The van der Waals surface area contributed by atoms with Crippen molar-refractivity contribution >= 4 is 5.82 Å². The molecule has 0 unspecified atom stereocenters. The van der Waals surface area contributed by atoms with Crippen LogP contribution in [0.1, 0.15) is 11.4 Å². The summed E-state index contributed by atoms with van der Waals surface area (Å²) in [6, 6.07) is 1.88. The molecule has 0 aliphatic carbocycles. The quantitative estimate of drug-likeness (QED) is 0.815. The number of hydrogen-bond donors (Lipinski definition) is 1. The van der Waals surface area contributed by atoms with Gasteiger partial charge >= 0.3 is 6.18 Å². The summed E-state index contributed by atoms with van der Waals surface area (Å²) < 4.78 is 39.7. The number of hydrogen-bond acceptors (Lipinski definition) is 5. The van der Waals surface area contributed by atoms with Crippen molar-refractivity contribution in [3.63, 3.8) is 0 Å². The number of ether oxygens (including phenoxy) is 1. The lowest BCUT2D eigenvalue weighted by Gasteiger charge is -2.09. The highest BCUT2D eigenvalue weighted by atomic mass is 19.4. The van der Waals surface area contributed by atoms with Gasteiger partial charge in [-0.1, -0.05) is 0 Å². The molecule has 0 aliphatic rings. The molecule has 8 heteroatoms. The van der Waals surface area contributed by atoms with Crippen LogP contribution < -0.4 is 5.32 Å². The van der Waals surface area contributed by atoms with E-state index in [0.29, 0.717) is 11.6 Å². The highest BCUT2D eigenvalue weighted by molar-refractivity contribution is 5.50. The highest BCUT2D eigenvalue weighted by Gasteiger charge is 2.27.